The van der Waals surface area contributed by atoms with Crippen LogP contribution in [0.4, 0.5) is 0 Å². The van der Waals surface area contributed by atoms with E-state index in [1.54, 1.807) is 0 Å². The van der Waals surface area contributed by atoms with Gasteiger partial charge in [-0.2, -0.15) is 0 Å². The van der Waals surface area contributed by atoms with Crippen molar-refractivity contribution in [1.29, 1.82) is 0 Å². The van der Waals surface area contributed by atoms with Crippen LogP contribution in [-0.2, 0) is 0 Å². The molecule has 3 rings (SSSR count). The van der Waals surface area contributed by atoms with Gasteiger partial charge >= 0.3 is 0 Å². The van der Waals surface area contributed by atoms with Gasteiger partial charge in [0.1, 0.15) is 0 Å². The molecule has 2 fully saturated rings. The van der Waals surface area contributed by atoms with Crippen LogP contribution in [0.1, 0.15) is 53.6 Å². The van der Waals surface area contributed by atoms with Gasteiger partial charge in [0.25, 0.3) is 0 Å². The lowest BCUT2D eigenvalue weighted by Crippen LogP contribution is -2.50. The summed E-state index contributed by atoms with van der Waals surface area (Å²) >= 11 is 0. The lowest BCUT2D eigenvalue weighted by molar-refractivity contribution is 0.0824. The smallest absolute Gasteiger partial charge is 0.166 e. The maximum Gasteiger partial charge on any atom is 0.166 e. The SMILES string of the molecule is Cc1cccc(C(=O)C2CC3CCCC(C2)N3)c1C. The molecule has 1 aromatic carbocycles. The van der Waals surface area contributed by atoms with E-state index in [0.717, 1.165) is 24.0 Å². The molecule has 2 heteroatoms. The first-order chi connectivity index (χ1) is 9.15. The number of aryl methyl sites for hydroxylation is 1. The van der Waals surface area contributed by atoms with Gasteiger partial charge in [-0.05, 0) is 50.7 Å². The van der Waals surface area contributed by atoms with Gasteiger partial charge in [0, 0.05) is 23.6 Å². The summed E-state index contributed by atoms with van der Waals surface area (Å²) in [6.07, 6.45) is 5.87. The fourth-order valence-electron chi connectivity index (χ4n) is 3.72. The van der Waals surface area contributed by atoms with E-state index in [4.69, 9.17) is 0 Å². The van der Waals surface area contributed by atoms with Crippen molar-refractivity contribution in [1.82, 2.24) is 5.32 Å². The van der Waals surface area contributed by atoms with Gasteiger partial charge in [-0.3, -0.25) is 4.79 Å². The van der Waals surface area contributed by atoms with Gasteiger partial charge in [-0.1, -0.05) is 24.6 Å². The molecular formula is C17H23NO. The van der Waals surface area contributed by atoms with Crippen LogP contribution in [0.15, 0.2) is 18.2 Å². The number of rotatable bonds is 2. The summed E-state index contributed by atoms with van der Waals surface area (Å²) in [4.78, 5) is 12.8. The second-order valence-corrected chi connectivity index (χ2v) is 6.27. The Morgan fingerprint density at radius 3 is 2.53 bits per heavy atom. The summed E-state index contributed by atoms with van der Waals surface area (Å²) in [5, 5.41) is 3.66. The number of ketones is 1. The molecule has 0 aromatic heterocycles. The number of benzene rings is 1. The standard InChI is InChI=1S/C17H23NO/c1-11-5-3-8-16(12(11)2)17(19)13-9-14-6-4-7-15(10-13)18-14/h3,5,8,13-15,18H,4,6-7,9-10H2,1-2H3. The monoisotopic (exact) mass is 257 g/mol. The molecule has 2 aliphatic heterocycles. The van der Waals surface area contributed by atoms with Crippen LogP contribution in [-0.4, -0.2) is 17.9 Å². The number of carbonyl (C=O) groups excluding carboxylic acids is 1. The minimum Gasteiger partial charge on any atom is -0.311 e. The van der Waals surface area contributed by atoms with Crippen molar-refractivity contribution < 1.29 is 4.79 Å². The maximum absolute atomic E-state index is 12.8. The lowest BCUT2D eigenvalue weighted by atomic mass is 9.76. The van der Waals surface area contributed by atoms with E-state index in [0.29, 0.717) is 17.9 Å². The van der Waals surface area contributed by atoms with E-state index in [1.165, 1.54) is 24.8 Å². The van der Waals surface area contributed by atoms with E-state index in [9.17, 15) is 4.79 Å². The summed E-state index contributed by atoms with van der Waals surface area (Å²) in [6, 6.07) is 7.25. The number of nitrogens with one attached hydrogen (secondary N) is 1. The van der Waals surface area contributed by atoms with Gasteiger partial charge < -0.3 is 5.32 Å². The Labute approximate surface area is 115 Å². The highest BCUT2D eigenvalue weighted by Gasteiger charge is 2.35. The summed E-state index contributed by atoms with van der Waals surface area (Å²) in [5.41, 5.74) is 3.33. The van der Waals surface area contributed by atoms with Gasteiger partial charge in [-0.25, -0.2) is 0 Å². The predicted molar refractivity (Wildman–Crippen MR) is 77.5 cm³/mol. The Balaban J connectivity index is 1.82. The van der Waals surface area contributed by atoms with Crippen molar-refractivity contribution in [2.75, 3.05) is 0 Å². The van der Waals surface area contributed by atoms with Crippen molar-refractivity contribution in [3.8, 4) is 0 Å². The van der Waals surface area contributed by atoms with Crippen molar-refractivity contribution in [2.24, 2.45) is 5.92 Å². The molecule has 19 heavy (non-hydrogen) atoms. The Morgan fingerprint density at radius 2 is 1.84 bits per heavy atom. The molecule has 0 amide bonds. The van der Waals surface area contributed by atoms with E-state index < -0.39 is 0 Å². The zero-order valence-corrected chi connectivity index (χ0v) is 11.9. The number of hydrogen-bond acceptors (Lipinski definition) is 2. The molecule has 2 atom stereocenters. The number of hydrogen-bond donors (Lipinski definition) is 1. The third-order valence-electron chi connectivity index (χ3n) is 4.96. The molecule has 2 saturated heterocycles. The predicted octanol–water partition coefficient (Wildman–Crippen LogP) is 3.41. The molecule has 0 radical (unpaired) electrons. The largest absolute Gasteiger partial charge is 0.311 e. The number of fused-ring (bicyclic) bond motifs is 2. The van der Waals surface area contributed by atoms with Crippen LogP contribution < -0.4 is 5.32 Å². The number of Topliss-reactive ketones (excluding diaryl/α,β-unsaturated/α-hetero) is 1. The Kier molecular flexibility index (Phi) is 3.44. The highest BCUT2D eigenvalue weighted by atomic mass is 16.1. The molecule has 2 aliphatic rings. The second kappa shape index (κ2) is 5.09. The van der Waals surface area contributed by atoms with E-state index >= 15 is 0 Å². The maximum atomic E-state index is 12.8. The molecular weight excluding hydrogens is 234 g/mol. The highest BCUT2D eigenvalue weighted by Crippen LogP contribution is 2.32. The van der Waals surface area contributed by atoms with Crippen LogP contribution in [0.3, 0.4) is 0 Å². The van der Waals surface area contributed by atoms with Gasteiger partial charge in [0.05, 0.1) is 0 Å². The van der Waals surface area contributed by atoms with Crippen LogP contribution in [0.2, 0.25) is 0 Å². The molecule has 2 bridgehead atoms. The molecule has 2 unspecified atom stereocenters. The molecule has 102 valence electrons. The molecule has 2 nitrogen and oxygen atoms in total. The first-order valence-corrected chi connectivity index (χ1v) is 7.51. The van der Waals surface area contributed by atoms with E-state index in [1.807, 2.05) is 12.1 Å². The molecule has 0 saturated carbocycles. The van der Waals surface area contributed by atoms with Gasteiger partial charge in [-0.15, -0.1) is 0 Å². The summed E-state index contributed by atoms with van der Waals surface area (Å²) in [7, 11) is 0. The Bertz CT molecular complexity index is 482. The van der Waals surface area contributed by atoms with Crippen LogP contribution >= 0.6 is 0 Å². The molecule has 0 aliphatic carbocycles. The number of carbonyl (C=O) groups is 1. The molecule has 2 heterocycles. The third kappa shape index (κ3) is 2.46. The summed E-state index contributed by atoms with van der Waals surface area (Å²) < 4.78 is 0. The fraction of sp³-hybridized carbons (Fsp3) is 0.588. The highest BCUT2D eigenvalue weighted by molar-refractivity contribution is 5.99. The first kappa shape index (κ1) is 12.9. The third-order valence-corrected chi connectivity index (χ3v) is 4.96. The Hall–Kier alpha value is -1.15. The molecule has 1 N–H and O–H groups in total. The average Bonchev–Trinajstić information content (AvgIpc) is 2.41. The van der Waals surface area contributed by atoms with Crippen molar-refractivity contribution in [3.63, 3.8) is 0 Å². The summed E-state index contributed by atoms with van der Waals surface area (Å²) in [5.74, 6) is 0.608. The minimum absolute atomic E-state index is 0.233. The molecule has 1 aromatic rings. The normalized spacial score (nSPS) is 30.1. The van der Waals surface area contributed by atoms with Gasteiger partial charge in [0.15, 0.2) is 5.78 Å². The second-order valence-electron chi connectivity index (χ2n) is 6.27. The Morgan fingerprint density at radius 1 is 1.16 bits per heavy atom. The van der Waals surface area contributed by atoms with Crippen LogP contribution in [0, 0.1) is 19.8 Å². The van der Waals surface area contributed by atoms with Crippen LogP contribution in [0.5, 0.6) is 0 Å². The topological polar surface area (TPSA) is 29.1 Å². The van der Waals surface area contributed by atoms with Crippen molar-refractivity contribution in [3.05, 3.63) is 34.9 Å². The average molecular weight is 257 g/mol. The lowest BCUT2D eigenvalue weighted by Gasteiger charge is -2.40. The summed E-state index contributed by atoms with van der Waals surface area (Å²) in [6.45, 7) is 4.16. The van der Waals surface area contributed by atoms with Crippen molar-refractivity contribution >= 4 is 5.78 Å². The minimum atomic E-state index is 0.233. The van der Waals surface area contributed by atoms with Crippen molar-refractivity contribution in [2.45, 2.75) is 58.0 Å². The zero-order chi connectivity index (χ0) is 13.4. The fourth-order valence-corrected chi connectivity index (χ4v) is 3.72. The first-order valence-electron chi connectivity index (χ1n) is 7.51. The van der Waals surface area contributed by atoms with E-state index in [2.05, 4.69) is 25.2 Å². The molecule has 0 spiro atoms. The number of piperidine rings is 2. The quantitative estimate of drug-likeness (QED) is 0.823. The van der Waals surface area contributed by atoms with Crippen LogP contribution in [0.25, 0.3) is 0 Å². The zero-order valence-electron chi connectivity index (χ0n) is 11.9. The van der Waals surface area contributed by atoms with Gasteiger partial charge in [0.2, 0.25) is 0 Å². The van der Waals surface area contributed by atoms with E-state index in [-0.39, 0.29) is 5.92 Å².